The lowest BCUT2D eigenvalue weighted by molar-refractivity contribution is -0.384. The first-order valence-electron chi connectivity index (χ1n) is 5.67. The minimum atomic E-state index is -0.476. The topological polar surface area (TPSA) is 73.0 Å². The molecule has 1 heterocycles. The Bertz CT molecular complexity index is 624. The molecular formula is C12H13ClN4O2. The van der Waals surface area contributed by atoms with E-state index in [1.165, 1.54) is 12.1 Å². The summed E-state index contributed by atoms with van der Waals surface area (Å²) < 4.78 is 1.63. The van der Waals surface area contributed by atoms with E-state index in [0.29, 0.717) is 17.3 Å². The van der Waals surface area contributed by atoms with Gasteiger partial charge >= 0.3 is 0 Å². The Morgan fingerprint density at radius 2 is 2.26 bits per heavy atom. The largest absolute Gasteiger partial charge is 0.316 e. The maximum atomic E-state index is 10.7. The van der Waals surface area contributed by atoms with Gasteiger partial charge in [-0.25, -0.2) is 4.68 Å². The minimum absolute atomic E-state index is 0.0342. The fourth-order valence-corrected chi connectivity index (χ4v) is 2.04. The summed E-state index contributed by atoms with van der Waals surface area (Å²) >= 11 is 6.07. The van der Waals surface area contributed by atoms with Crippen molar-refractivity contribution in [2.75, 3.05) is 7.05 Å². The highest BCUT2D eigenvalue weighted by molar-refractivity contribution is 6.32. The molecule has 19 heavy (non-hydrogen) atoms. The highest BCUT2D eigenvalue weighted by Crippen LogP contribution is 2.25. The molecular weight excluding hydrogens is 268 g/mol. The van der Waals surface area contributed by atoms with Crippen LogP contribution in [0.25, 0.3) is 5.69 Å². The van der Waals surface area contributed by atoms with Gasteiger partial charge in [-0.2, -0.15) is 5.10 Å². The van der Waals surface area contributed by atoms with Crippen LogP contribution in [0.15, 0.2) is 24.4 Å². The Morgan fingerprint density at radius 1 is 1.53 bits per heavy atom. The SMILES string of the molecule is CNCc1cn(-c2ccc([N+](=O)[O-])cc2Cl)nc1C. The molecule has 0 fully saturated rings. The van der Waals surface area contributed by atoms with Gasteiger partial charge in [0.1, 0.15) is 0 Å². The average molecular weight is 281 g/mol. The maximum absolute atomic E-state index is 10.7. The molecule has 0 saturated heterocycles. The zero-order valence-corrected chi connectivity index (χ0v) is 11.3. The molecule has 0 radical (unpaired) electrons. The second-order valence-electron chi connectivity index (χ2n) is 4.11. The zero-order valence-electron chi connectivity index (χ0n) is 10.6. The Kier molecular flexibility index (Phi) is 3.82. The molecule has 0 atom stereocenters. The molecule has 0 aliphatic heterocycles. The number of rotatable bonds is 4. The summed E-state index contributed by atoms with van der Waals surface area (Å²) in [7, 11) is 1.86. The van der Waals surface area contributed by atoms with Gasteiger partial charge in [0.05, 0.1) is 21.3 Å². The van der Waals surface area contributed by atoms with Crippen LogP contribution in [-0.4, -0.2) is 21.8 Å². The molecule has 0 aliphatic carbocycles. The summed E-state index contributed by atoms with van der Waals surface area (Å²) in [6.07, 6.45) is 1.86. The van der Waals surface area contributed by atoms with Crippen molar-refractivity contribution in [2.24, 2.45) is 0 Å². The molecule has 7 heteroatoms. The summed E-state index contributed by atoms with van der Waals surface area (Å²) in [5.41, 5.74) is 2.53. The van der Waals surface area contributed by atoms with Crippen LogP contribution in [0.5, 0.6) is 0 Å². The lowest BCUT2D eigenvalue weighted by Gasteiger charge is -2.03. The zero-order chi connectivity index (χ0) is 14.0. The third kappa shape index (κ3) is 2.74. The van der Waals surface area contributed by atoms with Crippen molar-refractivity contribution in [3.63, 3.8) is 0 Å². The van der Waals surface area contributed by atoms with Crippen LogP contribution >= 0.6 is 11.6 Å². The summed E-state index contributed by atoms with van der Waals surface area (Å²) in [4.78, 5) is 10.2. The number of halogens is 1. The predicted molar refractivity (Wildman–Crippen MR) is 72.7 cm³/mol. The van der Waals surface area contributed by atoms with E-state index in [9.17, 15) is 10.1 Å². The monoisotopic (exact) mass is 280 g/mol. The van der Waals surface area contributed by atoms with Crippen LogP contribution in [0.4, 0.5) is 5.69 Å². The molecule has 0 spiro atoms. The van der Waals surface area contributed by atoms with E-state index >= 15 is 0 Å². The highest BCUT2D eigenvalue weighted by atomic mass is 35.5. The van der Waals surface area contributed by atoms with Crippen LogP contribution in [0.1, 0.15) is 11.3 Å². The van der Waals surface area contributed by atoms with Gasteiger partial charge in [-0.05, 0) is 20.0 Å². The van der Waals surface area contributed by atoms with Crippen molar-refractivity contribution >= 4 is 17.3 Å². The van der Waals surface area contributed by atoms with E-state index < -0.39 is 4.92 Å². The lowest BCUT2D eigenvalue weighted by Crippen LogP contribution is -2.05. The van der Waals surface area contributed by atoms with Gasteiger partial charge in [-0.3, -0.25) is 10.1 Å². The summed E-state index contributed by atoms with van der Waals surface area (Å²) in [5, 5.41) is 18.4. The van der Waals surface area contributed by atoms with Gasteiger partial charge in [0.15, 0.2) is 0 Å². The smallest absolute Gasteiger partial charge is 0.271 e. The average Bonchev–Trinajstić information content (AvgIpc) is 2.71. The number of nitro benzene ring substituents is 1. The number of aryl methyl sites for hydroxylation is 1. The molecule has 0 aliphatic rings. The lowest BCUT2D eigenvalue weighted by atomic mass is 10.2. The van der Waals surface area contributed by atoms with Crippen molar-refractivity contribution in [3.8, 4) is 5.69 Å². The molecule has 1 aromatic heterocycles. The number of nitro groups is 1. The van der Waals surface area contributed by atoms with Gasteiger partial charge < -0.3 is 5.32 Å². The van der Waals surface area contributed by atoms with Gasteiger partial charge in [0.2, 0.25) is 0 Å². The van der Waals surface area contributed by atoms with Crippen molar-refractivity contribution < 1.29 is 4.92 Å². The Hall–Kier alpha value is -1.92. The van der Waals surface area contributed by atoms with E-state index in [1.54, 1.807) is 10.7 Å². The van der Waals surface area contributed by atoms with E-state index in [4.69, 9.17) is 11.6 Å². The number of nitrogens with zero attached hydrogens (tertiary/aromatic N) is 3. The highest BCUT2D eigenvalue weighted by Gasteiger charge is 2.12. The number of non-ortho nitro benzene ring substituents is 1. The number of benzene rings is 1. The second kappa shape index (κ2) is 5.38. The van der Waals surface area contributed by atoms with Gasteiger partial charge in [0.25, 0.3) is 5.69 Å². The van der Waals surface area contributed by atoms with E-state index in [2.05, 4.69) is 10.4 Å². The minimum Gasteiger partial charge on any atom is -0.316 e. The third-order valence-corrected chi connectivity index (χ3v) is 3.06. The van der Waals surface area contributed by atoms with Gasteiger partial charge in [-0.15, -0.1) is 0 Å². The summed E-state index contributed by atoms with van der Waals surface area (Å²) in [6.45, 7) is 2.61. The summed E-state index contributed by atoms with van der Waals surface area (Å²) in [6, 6.07) is 4.33. The Morgan fingerprint density at radius 3 is 2.84 bits per heavy atom. The number of nitrogens with one attached hydrogen (secondary N) is 1. The van der Waals surface area contributed by atoms with Crippen LogP contribution < -0.4 is 5.32 Å². The fourth-order valence-electron chi connectivity index (χ4n) is 1.78. The molecule has 2 aromatic rings. The van der Waals surface area contributed by atoms with Gasteiger partial charge in [-0.1, -0.05) is 11.6 Å². The molecule has 1 N–H and O–H groups in total. The molecule has 0 saturated carbocycles. The molecule has 100 valence electrons. The molecule has 0 unspecified atom stereocenters. The molecule has 6 nitrogen and oxygen atoms in total. The number of hydrogen-bond donors (Lipinski definition) is 1. The molecule has 2 rings (SSSR count). The fraction of sp³-hybridized carbons (Fsp3) is 0.250. The maximum Gasteiger partial charge on any atom is 0.271 e. The van der Waals surface area contributed by atoms with Crippen molar-refractivity contribution in [1.82, 2.24) is 15.1 Å². The third-order valence-electron chi connectivity index (χ3n) is 2.76. The number of aromatic nitrogens is 2. The first kappa shape index (κ1) is 13.5. The first-order chi connectivity index (χ1) is 9.02. The summed E-state index contributed by atoms with van der Waals surface area (Å²) in [5.74, 6) is 0. The van der Waals surface area contributed by atoms with Crippen molar-refractivity contribution in [3.05, 3.63) is 50.8 Å². The van der Waals surface area contributed by atoms with Crippen LogP contribution in [0, 0.1) is 17.0 Å². The van der Waals surface area contributed by atoms with Crippen LogP contribution in [0.3, 0.4) is 0 Å². The van der Waals surface area contributed by atoms with Crippen LogP contribution in [-0.2, 0) is 6.54 Å². The second-order valence-corrected chi connectivity index (χ2v) is 4.51. The quantitative estimate of drug-likeness (QED) is 0.690. The normalized spacial score (nSPS) is 10.7. The van der Waals surface area contributed by atoms with Crippen molar-refractivity contribution in [1.29, 1.82) is 0 Å². The Labute approximate surface area is 115 Å². The van der Waals surface area contributed by atoms with E-state index in [0.717, 1.165) is 11.3 Å². The van der Waals surface area contributed by atoms with E-state index in [-0.39, 0.29) is 5.69 Å². The predicted octanol–water partition coefficient (Wildman–Crippen LogP) is 2.46. The molecule has 1 aromatic carbocycles. The molecule has 0 amide bonds. The number of hydrogen-bond acceptors (Lipinski definition) is 4. The Balaban J connectivity index is 2.41. The van der Waals surface area contributed by atoms with Crippen LogP contribution in [0.2, 0.25) is 5.02 Å². The van der Waals surface area contributed by atoms with Crippen molar-refractivity contribution in [2.45, 2.75) is 13.5 Å². The van der Waals surface area contributed by atoms with E-state index in [1.807, 2.05) is 20.2 Å². The molecule has 0 bridgehead atoms. The van der Waals surface area contributed by atoms with Gasteiger partial charge in [0, 0.05) is 30.4 Å². The standard InChI is InChI=1S/C12H13ClN4O2/c1-8-9(6-14-2)7-16(15-8)12-4-3-10(17(18)19)5-11(12)13/h3-5,7,14H,6H2,1-2H3. The first-order valence-corrected chi connectivity index (χ1v) is 6.04.